The van der Waals surface area contributed by atoms with Crippen LogP contribution in [0.15, 0.2) is 12.4 Å². The highest BCUT2D eigenvalue weighted by molar-refractivity contribution is 7.88. The molecule has 0 aliphatic heterocycles. The average molecular weight is 272 g/mol. The molecular formula is C11H20N4O2S. The van der Waals surface area contributed by atoms with Gasteiger partial charge in [0, 0.05) is 24.8 Å². The Labute approximate surface area is 108 Å². The number of nitrogens with one attached hydrogen (secondary N) is 2. The molecule has 0 spiro atoms. The number of hydrogen-bond donors (Lipinski definition) is 2. The van der Waals surface area contributed by atoms with Crippen molar-refractivity contribution in [3.8, 4) is 0 Å². The van der Waals surface area contributed by atoms with E-state index in [-0.39, 0.29) is 0 Å². The molecule has 0 aromatic carbocycles. The summed E-state index contributed by atoms with van der Waals surface area (Å²) in [6.45, 7) is 3.20. The predicted octanol–water partition coefficient (Wildman–Crippen LogP) is 0.780. The lowest BCUT2D eigenvalue weighted by atomic mass is 10.2. The van der Waals surface area contributed by atoms with Gasteiger partial charge in [0.05, 0.1) is 6.26 Å². The van der Waals surface area contributed by atoms with E-state index in [1.165, 1.54) is 0 Å². The van der Waals surface area contributed by atoms with E-state index in [1.807, 2.05) is 6.07 Å². The molecule has 0 saturated carbocycles. The Hall–Kier alpha value is -1.21. The van der Waals surface area contributed by atoms with Crippen molar-refractivity contribution in [2.24, 2.45) is 0 Å². The maximum Gasteiger partial charge on any atom is 0.208 e. The maximum atomic E-state index is 10.8. The zero-order chi connectivity index (χ0) is 13.4. The fourth-order valence-corrected chi connectivity index (χ4v) is 1.96. The van der Waals surface area contributed by atoms with Gasteiger partial charge in [-0.15, -0.1) is 0 Å². The first-order valence-electron chi connectivity index (χ1n) is 6.00. The van der Waals surface area contributed by atoms with Crippen LogP contribution in [-0.2, 0) is 16.4 Å². The van der Waals surface area contributed by atoms with E-state index >= 15 is 0 Å². The molecule has 0 aliphatic carbocycles. The van der Waals surface area contributed by atoms with Crippen LogP contribution in [0.5, 0.6) is 0 Å². The number of aryl methyl sites for hydroxylation is 1. The first-order valence-corrected chi connectivity index (χ1v) is 7.90. The highest BCUT2D eigenvalue weighted by Gasteiger charge is 2.00. The second-order valence-electron chi connectivity index (χ2n) is 4.09. The van der Waals surface area contributed by atoms with Crippen LogP contribution < -0.4 is 10.0 Å². The second kappa shape index (κ2) is 7.27. The molecule has 6 nitrogen and oxygen atoms in total. The number of nitrogens with zero attached hydrogens (tertiary/aromatic N) is 2. The van der Waals surface area contributed by atoms with Crippen LogP contribution in [0.2, 0.25) is 0 Å². The van der Waals surface area contributed by atoms with Crippen LogP contribution in [0.25, 0.3) is 0 Å². The molecule has 0 unspecified atom stereocenters. The zero-order valence-corrected chi connectivity index (χ0v) is 11.6. The number of anilines is 1. The smallest absolute Gasteiger partial charge is 0.208 e. The van der Waals surface area contributed by atoms with E-state index in [1.54, 1.807) is 6.33 Å². The van der Waals surface area contributed by atoms with E-state index < -0.39 is 10.0 Å². The quantitative estimate of drug-likeness (QED) is 0.683. The Morgan fingerprint density at radius 2 is 2.06 bits per heavy atom. The van der Waals surface area contributed by atoms with Gasteiger partial charge in [-0.2, -0.15) is 0 Å². The molecule has 1 aromatic heterocycles. The van der Waals surface area contributed by atoms with Gasteiger partial charge in [0.2, 0.25) is 10.0 Å². The molecule has 0 amide bonds. The van der Waals surface area contributed by atoms with E-state index in [9.17, 15) is 8.42 Å². The summed E-state index contributed by atoms with van der Waals surface area (Å²) >= 11 is 0. The van der Waals surface area contributed by atoms with Gasteiger partial charge in [-0.3, -0.25) is 0 Å². The summed E-state index contributed by atoms with van der Waals surface area (Å²) < 4.78 is 24.1. The van der Waals surface area contributed by atoms with Crippen molar-refractivity contribution >= 4 is 15.8 Å². The Kier molecular flexibility index (Phi) is 6.00. The summed E-state index contributed by atoms with van der Waals surface area (Å²) in [6, 6.07) is 1.92. The molecular weight excluding hydrogens is 252 g/mol. The third-order valence-corrected chi connectivity index (χ3v) is 2.98. The van der Waals surface area contributed by atoms with Crippen LogP contribution >= 0.6 is 0 Å². The third-order valence-electron chi connectivity index (χ3n) is 2.25. The lowest BCUT2D eigenvalue weighted by Crippen LogP contribution is -2.24. The predicted molar refractivity (Wildman–Crippen MR) is 72.0 cm³/mol. The SMILES string of the molecule is CCCc1cc(NCCCNS(C)(=O)=O)ncn1. The molecule has 0 saturated heterocycles. The normalized spacial score (nSPS) is 11.4. The van der Waals surface area contributed by atoms with Crippen molar-refractivity contribution in [2.45, 2.75) is 26.2 Å². The Bertz CT molecular complexity index is 462. The molecule has 18 heavy (non-hydrogen) atoms. The van der Waals surface area contributed by atoms with E-state index in [0.29, 0.717) is 19.5 Å². The van der Waals surface area contributed by atoms with E-state index in [2.05, 4.69) is 26.9 Å². The standard InChI is InChI=1S/C11H20N4O2S/c1-3-5-10-8-11(14-9-13-10)12-6-4-7-15-18(2,16)17/h8-9,15H,3-7H2,1-2H3,(H,12,13,14). The molecule has 1 aromatic rings. The van der Waals surface area contributed by atoms with Gasteiger partial charge in [-0.1, -0.05) is 13.3 Å². The summed E-state index contributed by atoms with van der Waals surface area (Å²) in [7, 11) is -3.09. The number of rotatable bonds is 8. The van der Waals surface area contributed by atoms with E-state index in [4.69, 9.17) is 0 Å². The second-order valence-corrected chi connectivity index (χ2v) is 5.92. The fourth-order valence-electron chi connectivity index (χ4n) is 1.45. The highest BCUT2D eigenvalue weighted by atomic mass is 32.2. The van der Waals surface area contributed by atoms with Crippen molar-refractivity contribution in [1.29, 1.82) is 0 Å². The third kappa shape index (κ3) is 6.51. The molecule has 1 heterocycles. The molecule has 1 rings (SSSR count). The molecule has 0 atom stereocenters. The monoisotopic (exact) mass is 272 g/mol. The molecule has 7 heteroatoms. The largest absolute Gasteiger partial charge is 0.370 e. The van der Waals surface area contributed by atoms with Crippen LogP contribution in [0.1, 0.15) is 25.5 Å². The lowest BCUT2D eigenvalue weighted by molar-refractivity contribution is 0.586. The van der Waals surface area contributed by atoms with Crippen molar-refractivity contribution < 1.29 is 8.42 Å². The van der Waals surface area contributed by atoms with Crippen molar-refractivity contribution in [3.05, 3.63) is 18.1 Å². The van der Waals surface area contributed by atoms with Gasteiger partial charge in [0.1, 0.15) is 12.1 Å². The molecule has 0 fully saturated rings. The Morgan fingerprint density at radius 1 is 1.28 bits per heavy atom. The van der Waals surface area contributed by atoms with Gasteiger partial charge in [0.25, 0.3) is 0 Å². The minimum Gasteiger partial charge on any atom is -0.370 e. The molecule has 2 N–H and O–H groups in total. The van der Waals surface area contributed by atoms with Crippen LogP contribution in [-0.4, -0.2) is 37.7 Å². The Morgan fingerprint density at radius 3 is 2.72 bits per heavy atom. The van der Waals surface area contributed by atoms with Crippen molar-refractivity contribution in [1.82, 2.24) is 14.7 Å². The first kappa shape index (κ1) is 14.8. The van der Waals surface area contributed by atoms with Crippen LogP contribution in [0, 0.1) is 0 Å². The lowest BCUT2D eigenvalue weighted by Gasteiger charge is -2.06. The first-order chi connectivity index (χ1) is 8.51. The number of hydrogen-bond acceptors (Lipinski definition) is 5. The average Bonchev–Trinajstić information content (AvgIpc) is 2.28. The maximum absolute atomic E-state index is 10.8. The minimum atomic E-state index is -3.09. The van der Waals surface area contributed by atoms with Gasteiger partial charge in [-0.05, 0) is 12.8 Å². The molecule has 0 bridgehead atoms. The fraction of sp³-hybridized carbons (Fsp3) is 0.636. The summed E-state index contributed by atoms with van der Waals surface area (Å²) in [6.07, 6.45) is 5.39. The van der Waals surface area contributed by atoms with Crippen molar-refractivity contribution in [2.75, 3.05) is 24.7 Å². The topological polar surface area (TPSA) is 84.0 Å². The number of aromatic nitrogens is 2. The number of sulfonamides is 1. The minimum absolute atomic E-state index is 0.429. The van der Waals surface area contributed by atoms with E-state index in [0.717, 1.165) is 30.6 Å². The van der Waals surface area contributed by atoms with Crippen molar-refractivity contribution in [3.63, 3.8) is 0 Å². The van der Waals surface area contributed by atoms with Crippen LogP contribution in [0.3, 0.4) is 0 Å². The molecule has 0 aliphatic rings. The summed E-state index contributed by atoms with van der Waals surface area (Å²) in [5.41, 5.74) is 1.02. The van der Waals surface area contributed by atoms with Gasteiger partial charge < -0.3 is 5.32 Å². The van der Waals surface area contributed by atoms with Gasteiger partial charge >= 0.3 is 0 Å². The summed E-state index contributed by atoms with van der Waals surface area (Å²) in [4.78, 5) is 8.27. The molecule has 0 radical (unpaired) electrons. The summed E-state index contributed by atoms with van der Waals surface area (Å²) in [5, 5.41) is 3.14. The Balaban J connectivity index is 2.28. The van der Waals surface area contributed by atoms with Gasteiger partial charge in [0.15, 0.2) is 0 Å². The van der Waals surface area contributed by atoms with Gasteiger partial charge in [-0.25, -0.2) is 23.1 Å². The zero-order valence-electron chi connectivity index (χ0n) is 10.8. The van der Waals surface area contributed by atoms with Crippen LogP contribution in [0.4, 0.5) is 5.82 Å². The highest BCUT2D eigenvalue weighted by Crippen LogP contribution is 2.05. The molecule has 102 valence electrons. The summed E-state index contributed by atoms with van der Waals surface area (Å²) in [5.74, 6) is 0.785.